The number of methoxy groups -OCH3 is 1. The molecule has 1 aliphatic heterocycles. The number of aromatic nitrogens is 2. The first-order valence-corrected chi connectivity index (χ1v) is 11.9. The molecule has 7 heteroatoms. The average Bonchev–Trinajstić information content (AvgIpc) is 3.35. The summed E-state index contributed by atoms with van der Waals surface area (Å²) in [5.41, 5.74) is 2.85. The second kappa shape index (κ2) is 9.70. The summed E-state index contributed by atoms with van der Waals surface area (Å²) in [6.45, 7) is 2.71. The third-order valence-corrected chi connectivity index (χ3v) is 6.65. The molecule has 1 N–H and O–H groups in total. The monoisotopic (exact) mass is 480 g/mol. The molecule has 2 heterocycles. The minimum atomic E-state index is -1.14. The van der Waals surface area contributed by atoms with E-state index in [1.165, 1.54) is 0 Å². The van der Waals surface area contributed by atoms with Gasteiger partial charge in [-0.1, -0.05) is 72.8 Å². The molecular formula is C29H28N4O3. The maximum absolute atomic E-state index is 13.8. The van der Waals surface area contributed by atoms with Crippen molar-refractivity contribution in [2.24, 2.45) is 0 Å². The smallest absolute Gasteiger partial charge is 0.273 e. The van der Waals surface area contributed by atoms with Crippen LogP contribution in [-0.4, -0.2) is 39.1 Å². The van der Waals surface area contributed by atoms with E-state index in [4.69, 9.17) is 9.84 Å². The van der Waals surface area contributed by atoms with Gasteiger partial charge in [-0.15, -0.1) is 0 Å². The molecule has 36 heavy (non-hydrogen) atoms. The molecule has 0 spiro atoms. The molecule has 0 radical (unpaired) electrons. The van der Waals surface area contributed by atoms with Gasteiger partial charge in [0.1, 0.15) is 17.0 Å². The fourth-order valence-electron chi connectivity index (χ4n) is 4.52. The van der Waals surface area contributed by atoms with E-state index in [1.54, 1.807) is 22.8 Å². The van der Waals surface area contributed by atoms with Gasteiger partial charge in [0.25, 0.3) is 5.91 Å². The van der Waals surface area contributed by atoms with E-state index >= 15 is 0 Å². The Labute approximate surface area is 210 Å². The van der Waals surface area contributed by atoms with E-state index in [0.717, 1.165) is 22.4 Å². The van der Waals surface area contributed by atoms with Gasteiger partial charge in [0.15, 0.2) is 0 Å². The Morgan fingerprint density at radius 2 is 1.64 bits per heavy atom. The van der Waals surface area contributed by atoms with Crippen LogP contribution in [0.4, 0.5) is 0 Å². The molecule has 182 valence electrons. The van der Waals surface area contributed by atoms with Gasteiger partial charge in [-0.25, -0.2) is 0 Å². The first kappa shape index (κ1) is 23.4. The van der Waals surface area contributed by atoms with Crippen LogP contribution < -0.4 is 10.1 Å². The summed E-state index contributed by atoms with van der Waals surface area (Å²) in [7, 11) is 1.61. The molecule has 1 aliphatic rings. The largest absolute Gasteiger partial charge is 0.497 e. The highest BCUT2D eigenvalue weighted by Crippen LogP contribution is 2.31. The quantitative estimate of drug-likeness (QED) is 0.428. The minimum Gasteiger partial charge on any atom is -0.497 e. The molecule has 0 saturated heterocycles. The van der Waals surface area contributed by atoms with Crippen LogP contribution in [0, 0.1) is 0 Å². The fourth-order valence-corrected chi connectivity index (χ4v) is 4.52. The van der Waals surface area contributed by atoms with Crippen molar-refractivity contribution in [3.8, 4) is 17.0 Å². The van der Waals surface area contributed by atoms with Crippen molar-refractivity contribution in [2.45, 2.75) is 32.1 Å². The number of nitrogens with one attached hydrogen (secondary N) is 1. The second-order valence-corrected chi connectivity index (χ2v) is 9.12. The molecule has 0 saturated carbocycles. The average molecular weight is 481 g/mol. The van der Waals surface area contributed by atoms with Crippen molar-refractivity contribution < 1.29 is 14.3 Å². The third kappa shape index (κ3) is 4.47. The molecule has 0 aliphatic carbocycles. The highest BCUT2D eigenvalue weighted by molar-refractivity contribution is 6.00. The number of carbonyl (C=O) groups excluding carboxylic acids is 2. The van der Waals surface area contributed by atoms with Gasteiger partial charge >= 0.3 is 0 Å². The van der Waals surface area contributed by atoms with E-state index in [1.807, 2.05) is 91.9 Å². The van der Waals surface area contributed by atoms with Crippen LogP contribution >= 0.6 is 0 Å². The molecule has 7 nitrogen and oxygen atoms in total. The molecular weight excluding hydrogens is 452 g/mol. The van der Waals surface area contributed by atoms with Crippen molar-refractivity contribution in [2.75, 3.05) is 7.11 Å². The molecule has 3 aromatic carbocycles. The highest BCUT2D eigenvalue weighted by atomic mass is 16.5. The molecule has 1 aromatic heterocycles. The van der Waals surface area contributed by atoms with Crippen molar-refractivity contribution in [3.05, 3.63) is 108 Å². The Morgan fingerprint density at radius 3 is 2.31 bits per heavy atom. The topological polar surface area (TPSA) is 76.5 Å². The molecule has 0 bridgehead atoms. The summed E-state index contributed by atoms with van der Waals surface area (Å²) < 4.78 is 6.93. The molecule has 5 rings (SSSR count). The molecule has 0 fully saturated rings. The predicted molar refractivity (Wildman–Crippen MR) is 137 cm³/mol. The zero-order valence-corrected chi connectivity index (χ0v) is 20.3. The van der Waals surface area contributed by atoms with Gasteiger partial charge in [-0.2, -0.15) is 5.10 Å². The van der Waals surface area contributed by atoms with Gasteiger partial charge in [0.05, 0.1) is 19.3 Å². The number of carbonyl (C=O) groups is 2. The van der Waals surface area contributed by atoms with Gasteiger partial charge in [0, 0.05) is 18.7 Å². The van der Waals surface area contributed by atoms with Crippen LogP contribution in [0.1, 0.15) is 28.5 Å². The number of amides is 2. The Balaban J connectivity index is 1.49. The van der Waals surface area contributed by atoms with Crippen LogP contribution in [0.15, 0.2) is 91.0 Å². The summed E-state index contributed by atoms with van der Waals surface area (Å²) in [4.78, 5) is 29.2. The number of hydrogen-bond donors (Lipinski definition) is 1. The first-order chi connectivity index (χ1) is 17.5. The summed E-state index contributed by atoms with van der Waals surface area (Å²) in [5, 5.41) is 7.74. The summed E-state index contributed by atoms with van der Waals surface area (Å²) in [5.74, 6) is 0.275. The Kier molecular flexibility index (Phi) is 6.29. The van der Waals surface area contributed by atoms with E-state index in [9.17, 15) is 9.59 Å². The molecule has 2 amide bonds. The van der Waals surface area contributed by atoms with E-state index in [0.29, 0.717) is 17.9 Å². The lowest BCUT2D eigenvalue weighted by Gasteiger charge is -2.43. The maximum atomic E-state index is 13.8. The number of rotatable bonds is 7. The van der Waals surface area contributed by atoms with Crippen LogP contribution in [0.3, 0.4) is 0 Å². The standard InChI is InChI=1S/C29H28N4O3/c1-29(28(35)30-18-21-9-5-3-6-10-21)20-33-26(17-25(31-33)23-11-7-4-8-12-23)27(34)32(29)19-22-13-15-24(36-2)16-14-22/h3-17H,18-20H2,1-2H3,(H,30,35)/t29-/m1/s1. The number of ether oxygens (including phenoxy) is 1. The van der Waals surface area contributed by atoms with E-state index in [-0.39, 0.29) is 24.9 Å². The summed E-state index contributed by atoms with van der Waals surface area (Å²) in [6, 6.07) is 28.8. The predicted octanol–water partition coefficient (Wildman–Crippen LogP) is 4.29. The lowest BCUT2D eigenvalue weighted by atomic mass is 9.94. The SMILES string of the molecule is COc1ccc(CN2C(=O)c3cc(-c4ccccc4)nn3C[C@]2(C)C(=O)NCc2ccccc2)cc1. The van der Waals surface area contributed by atoms with Gasteiger partial charge in [-0.05, 0) is 36.2 Å². The van der Waals surface area contributed by atoms with Crippen molar-refractivity contribution in [1.29, 1.82) is 0 Å². The Bertz CT molecular complexity index is 1370. The Morgan fingerprint density at radius 1 is 0.972 bits per heavy atom. The lowest BCUT2D eigenvalue weighted by molar-refractivity contribution is -0.133. The van der Waals surface area contributed by atoms with Crippen molar-refractivity contribution in [1.82, 2.24) is 20.0 Å². The number of hydrogen-bond acceptors (Lipinski definition) is 4. The third-order valence-electron chi connectivity index (χ3n) is 6.65. The van der Waals surface area contributed by atoms with Crippen molar-refractivity contribution >= 4 is 11.8 Å². The maximum Gasteiger partial charge on any atom is 0.273 e. The van der Waals surface area contributed by atoms with Gasteiger partial charge < -0.3 is 15.0 Å². The van der Waals surface area contributed by atoms with Gasteiger partial charge in [-0.3, -0.25) is 14.3 Å². The fraction of sp³-hybridized carbons (Fsp3) is 0.207. The zero-order chi connectivity index (χ0) is 25.1. The number of fused-ring (bicyclic) bond motifs is 1. The van der Waals surface area contributed by atoms with Crippen LogP contribution in [0.2, 0.25) is 0 Å². The number of nitrogens with zero attached hydrogens (tertiary/aromatic N) is 3. The van der Waals surface area contributed by atoms with Crippen molar-refractivity contribution in [3.63, 3.8) is 0 Å². The molecule has 0 unspecified atom stereocenters. The zero-order valence-electron chi connectivity index (χ0n) is 20.3. The lowest BCUT2D eigenvalue weighted by Crippen LogP contribution is -2.63. The van der Waals surface area contributed by atoms with Gasteiger partial charge in [0.2, 0.25) is 5.91 Å². The van der Waals surface area contributed by atoms with E-state index < -0.39 is 5.54 Å². The Hall–Kier alpha value is -4.39. The highest BCUT2D eigenvalue weighted by Gasteiger charge is 2.48. The molecule has 1 atom stereocenters. The minimum absolute atomic E-state index is 0.226. The van der Waals surface area contributed by atoms with Crippen LogP contribution in [0.5, 0.6) is 5.75 Å². The number of benzene rings is 3. The van der Waals surface area contributed by atoms with Crippen LogP contribution in [-0.2, 0) is 24.4 Å². The first-order valence-electron chi connectivity index (χ1n) is 11.9. The van der Waals surface area contributed by atoms with Crippen LogP contribution in [0.25, 0.3) is 11.3 Å². The summed E-state index contributed by atoms with van der Waals surface area (Å²) >= 11 is 0. The summed E-state index contributed by atoms with van der Waals surface area (Å²) in [6.07, 6.45) is 0. The van der Waals surface area contributed by atoms with E-state index in [2.05, 4.69) is 5.32 Å². The second-order valence-electron chi connectivity index (χ2n) is 9.12. The normalized spacial score (nSPS) is 16.9. The molecule has 4 aromatic rings.